The normalized spacial score (nSPS) is 10.3. The number of halogens is 2. The van der Waals surface area contributed by atoms with Gasteiger partial charge >= 0.3 is 0 Å². The van der Waals surface area contributed by atoms with Crippen molar-refractivity contribution < 1.29 is 14.3 Å². The van der Waals surface area contributed by atoms with E-state index >= 15 is 0 Å². The average molecular weight is 325 g/mol. The molecule has 0 aromatic heterocycles. The summed E-state index contributed by atoms with van der Waals surface area (Å²) in [6.07, 6.45) is 0.233. The first-order chi connectivity index (χ1) is 10.0. The topological polar surface area (TPSA) is 35.5 Å². The maximum atomic E-state index is 12.3. The van der Waals surface area contributed by atoms with E-state index in [1.807, 2.05) is 6.07 Å². The quantitative estimate of drug-likeness (QED) is 0.763. The molecule has 2 aromatic carbocycles. The number of methoxy groups -OCH3 is 2. The number of ketones is 1. The van der Waals surface area contributed by atoms with Crippen molar-refractivity contribution in [2.75, 3.05) is 14.2 Å². The lowest BCUT2D eigenvalue weighted by molar-refractivity contribution is 0.0993. The number of carbonyl (C=O) groups excluding carboxylic acids is 1. The van der Waals surface area contributed by atoms with Gasteiger partial charge < -0.3 is 9.47 Å². The zero-order valence-electron chi connectivity index (χ0n) is 11.7. The van der Waals surface area contributed by atoms with Crippen molar-refractivity contribution in [3.63, 3.8) is 0 Å². The SMILES string of the molecule is COc1ccc(CC(=O)c2cc(Cl)cc(Cl)c2)cc1OC. The predicted molar refractivity (Wildman–Crippen MR) is 84.0 cm³/mol. The third kappa shape index (κ3) is 3.90. The molecule has 110 valence electrons. The van der Waals surface area contributed by atoms with Crippen LogP contribution in [0, 0.1) is 0 Å². The van der Waals surface area contributed by atoms with Gasteiger partial charge in [0.05, 0.1) is 14.2 Å². The van der Waals surface area contributed by atoms with Crippen LogP contribution in [0.15, 0.2) is 36.4 Å². The second-order valence-corrected chi connectivity index (χ2v) is 5.32. The van der Waals surface area contributed by atoms with Crippen LogP contribution >= 0.6 is 23.2 Å². The molecule has 0 spiro atoms. The van der Waals surface area contributed by atoms with Gasteiger partial charge in [-0.15, -0.1) is 0 Å². The van der Waals surface area contributed by atoms with Gasteiger partial charge in [-0.05, 0) is 35.9 Å². The monoisotopic (exact) mass is 324 g/mol. The van der Waals surface area contributed by atoms with Crippen LogP contribution in [-0.2, 0) is 6.42 Å². The number of carbonyl (C=O) groups is 1. The van der Waals surface area contributed by atoms with E-state index in [4.69, 9.17) is 32.7 Å². The standard InChI is InChI=1S/C16H14Cl2O3/c1-20-15-4-3-10(6-16(15)21-2)5-14(19)11-7-12(17)9-13(18)8-11/h3-4,6-9H,5H2,1-2H3. The summed E-state index contributed by atoms with van der Waals surface area (Å²) in [4.78, 5) is 12.3. The summed E-state index contributed by atoms with van der Waals surface area (Å²) in [5, 5.41) is 0.885. The molecule has 0 fully saturated rings. The van der Waals surface area contributed by atoms with Gasteiger partial charge in [0.2, 0.25) is 0 Å². The Morgan fingerprint density at radius 3 is 2.14 bits per heavy atom. The highest BCUT2D eigenvalue weighted by Crippen LogP contribution is 2.28. The Morgan fingerprint density at radius 2 is 1.57 bits per heavy atom. The Labute approximate surface area is 133 Å². The van der Waals surface area contributed by atoms with Crippen molar-refractivity contribution in [3.05, 3.63) is 57.6 Å². The van der Waals surface area contributed by atoms with E-state index in [1.54, 1.807) is 44.6 Å². The van der Waals surface area contributed by atoms with E-state index < -0.39 is 0 Å². The average Bonchev–Trinajstić information content (AvgIpc) is 2.46. The van der Waals surface area contributed by atoms with Crippen molar-refractivity contribution >= 4 is 29.0 Å². The van der Waals surface area contributed by atoms with E-state index in [2.05, 4.69) is 0 Å². The molecule has 0 heterocycles. The van der Waals surface area contributed by atoms with Crippen LogP contribution in [0.5, 0.6) is 11.5 Å². The molecule has 0 bridgehead atoms. The van der Waals surface area contributed by atoms with Crippen LogP contribution in [0.2, 0.25) is 10.0 Å². The molecule has 5 heteroatoms. The molecule has 0 radical (unpaired) electrons. The number of hydrogen-bond acceptors (Lipinski definition) is 3. The van der Waals surface area contributed by atoms with Crippen molar-refractivity contribution in [2.24, 2.45) is 0 Å². The first kappa shape index (κ1) is 15.7. The Morgan fingerprint density at radius 1 is 0.952 bits per heavy atom. The Balaban J connectivity index is 2.23. The molecule has 21 heavy (non-hydrogen) atoms. The number of rotatable bonds is 5. The van der Waals surface area contributed by atoms with Crippen LogP contribution in [0.3, 0.4) is 0 Å². The molecule has 0 aliphatic heterocycles. The number of Topliss-reactive ketones (excluding diaryl/α,β-unsaturated/α-hetero) is 1. The minimum absolute atomic E-state index is 0.0633. The van der Waals surface area contributed by atoms with Gasteiger partial charge in [0.1, 0.15) is 0 Å². The highest BCUT2D eigenvalue weighted by molar-refractivity contribution is 6.35. The largest absolute Gasteiger partial charge is 0.493 e. The molecule has 3 nitrogen and oxygen atoms in total. The van der Waals surface area contributed by atoms with E-state index in [1.165, 1.54) is 0 Å². The van der Waals surface area contributed by atoms with E-state index in [-0.39, 0.29) is 12.2 Å². The summed E-state index contributed by atoms with van der Waals surface area (Å²) in [5.41, 5.74) is 1.32. The minimum atomic E-state index is -0.0633. The smallest absolute Gasteiger partial charge is 0.167 e. The lowest BCUT2D eigenvalue weighted by Crippen LogP contribution is -2.04. The number of benzene rings is 2. The van der Waals surface area contributed by atoms with Gasteiger partial charge in [-0.2, -0.15) is 0 Å². The van der Waals surface area contributed by atoms with Crippen LogP contribution in [0.4, 0.5) is 0 Å². The zero-order valence-corrected chi connectivity index (χ0v) is 13.2. The molecule has 0 atom stereocenters. The molecule has 2 rings (SSSR count). The van der Waals surface area contributed by atoms with Gasteiger partial charge in [0, 0.05) is 22.0 Å². The predicted octanol–water partition coefficient (Wildman–Crippen LogP) is 4.44. The summed E-state index contributed by atoms with van der Waals surface area (Å²) in [5.74, 6) is 1.15. The fraction of sp³-hybridized carbons (Fsp3) is 0.188. The zero-order chi connectivity index (χ0) is 15.4. The fourth-order valence-electron chi connectivity index (χ4n) is 1.99. The first-order valence-corrected chi connectivity index (χ1v) is 6.99. The Kier molecular flexibility index (Phi) is 5.10. The second-order valence-electron chi connectivity index (χ2n) is 4.45. The molecule has 0 unspecified atom stereocenters. The van der Waals surface area contributed by atoms with Crippen molar-refractivity contribution in [1.29, 1.82) is 0 Å². The van der Waals surface area contributed by atoms with Gasteiger partial charge in [-0.25, -0.2) is 0 Å². The fourth-order valence-corrected chi connectivity index (χ4v) is 2.52. The van der Waals surface area contributed by atoms with Crippen molar-refractivity contribution in [2.45, 2.75) is 6.42 Å². The highest BCUT2D eigenvalue weighted by Gasteiger charge is 2.11. The molecule has 0 saturated carbocycles. The van der Waals surface area contributed by atoms with Crippen LogP contribution < -0.4 is 9.47 Å². The Hall–Kier alpha value is -1.71. The lowest BCUT2D eigenvalue weighted by atomic mass is 10.0. The summed E-state index contributed by atoms with van der Waals surface area (Å²) >= 11 is 11.8. The van der Waals surface area contributed by atoms with E-state index in [0.717, 1.165) is 5.56 Å². The molecule has 2 aromatic rings. The van der Waals surface area contributed by atoms with Crippen molar-refractivity contribution in [1.82, 2.24) is 0 Å². The summed E-state index contributed by atoms with van der Waals surface area (Å²) in [6, 6.07) is 10.2. The maximum Gasteiger partial charge on any atom is 0.167 e. The minimum Gasteiger partial charge on any atom is -0.493 e. The molecular formula is C16H14Cl2O3. The van der Waals surface area contributed by atoms with Crippen LogP contribution in [0.1, 0.15) is 15.9 Å². The van der Waals surface area contributed by atoms with Crippen LogP contribution in [0.25, 0.3) is 0 Å². The molecule has 0 aliphatic rings. The summed E-state index contributed by atoms with van der Waals surface area (Å²) < 4.78 is 10.4. The number of hydrogen-bond donors (Lipinski definition) is 0. The first-order valence-electron chi connectivity index (χ1n) is 6.23. The van der Waals surface area contributed by atoms with Gasteiger partial charge in [-0.1, -0.05) is 29.3 Å². The molecule has 0 aliphatic carbocycles. The number of ether oxygens (including phenoxy) is 2. The third-order valence-corrected chi connectivity index (χ3v) is 3.43. The summed E-state index contributed by atoms with van der Waals surface area (Å²) in [7, 11) is 3.12. The van der Waals surface area contributed by atoms with Gasteiger partial charge in [0.25, 0.3) is 0 Å². The third-order valence-electron chi connectivity index (χ3n) is 3.00. The molecule has 0 saturated heterocycles. The van der Waals surface area contributed by atoms with E-state index in [9.17, 15) is 4.79 Å². The lowest BCUT2D eigenvalue weighted by Gasteiger charge is -2.09. The second kappa shape index (κ2) is 6.83. The summed E-state index contributed by atoms with van der Waals surface area (Å²) in [6.45, 7) is 0. The van der Waals surface area contributed by atoms with Gasteiger partial charge in [0.15, 0.2) is 17.3 Å². The molecular weight excluding hydrogens is 311 g/mol. The maximum absolute atomic E-state index is 12.3. The highest BCUT2D eigenvalue weighted by atomic mass is 35.5. The van der Waals surface area contributed by atoms with Crippen LogP contribution in [-0.4, -0.2) is 20.0 Å². The van der Waals surface area contributed by atoms with Gasteiger partial charge in [-0.3, -0.25) is 4.79 Å². The molecule has 0 N–H and O–H groups in total. The molecule has 0 amide bonds. The van der Waals surface area contributed by atoms with E-state index in [0.29, 0.717) is 27.1 Å². The van der Waals surface area contributed by atoms with Crippen molar-refractivity contribution in [3.8, 4) is 11.5 Å². The Bertz CT molecular complexity index is 648.